The van der Waals surface area contributed by atoms with Crippen molar-refractivity contribution in [2.75, 3.05) is 25.0 Å². The van der Waals surface area contributed by atoms with Crippen molar-refractivity contribution in [3.8, 4) is 0 Å². The number of hydrogen-bond donors (Lipinski definition) is 1. The van der Waals surface area contributed by atoms with Gasteiger partial charge in [-0.1, -0.05) is 6.07 Å². The molecule has 23 heavy (non-hydrogen) atoms. The molecule has 0 bridgehead atoms. The van der Waals surface area contributed by atoms with Crippen LogP contribution in [0.15, 0.2) is 41.8 Å². The minimum atomic E-state index is -0.138. The van der Waals surface area contributed by atoms with E-state index in [-0.39, 0.29) is 17.9 Å². The third kappa shape index (κ3) is 3.78. The Morgan fingerprint density at radius 2 is 2.04 bits per heavy atom. The van der Waals surface area contributed by atoms with Crippen LogP contribution in [0.25, 0.3) is 0 Å². The Hall–Kier alpha value is -2.18. The van der Waals surface area contributed by atoms with Crippen LogP contribution in [0.2, 0.25) is 0 Å². The van der Waals surface area contributed by atoms with E-state index in [4.69, 9.17) is 4.74 Å². The van der Waals surface area contributed by atoms with Crippen LogP contribution >= 0.6 is 11.3 Å². The van der Waals surface area contributed by atoms with Gasteiger partial charge in [0.25, 0.3) is 11.8 Å². The smallest absolute Gasteiger partial charge is 0.265 e. The van der Waals surface area contributed by atoms with Crippen LogP contribution in [0.3, 0.4) is 0 Å². The normalized spacial score (nSPS) is 17.8. The summed E-state index contributed by atoms with van der Waals surface area (Å²) in [6.07, 6.45) is 0.0667. The maximum Gasteiger partial charge on any atom is 0.265 e. The minimum Gasteiger partial charge on any atom is -0.375 e. The van der Waals surface area contributed by atoms with E-state index in [2.05, 4.69) is 5.32 Å². The molecule has 0 saturated carbocycles. The predicted octanol–water partition coefficient (Wildman–Crippen LogP) is 2.86. The molecule has 1 saturated heterocycles. The number of benzene rings is 1. The number of carbonyl (C=O) groups excluding carboxylic acids is 2. The van der Waals surface area contributed by atoms with Gasteiger partial charge in [0.15, 0.2) is 0 Å². The van der Waals surface area contributed by atoms with E-state index >= 15 is 0 Å². The van der Waals surface area contributed by atoms with Gasteiger partial charge in [-0.25, -0.2) is 0 Å². The van der Waals surface area contributed by atoms with Crippen molar-refractivity contribution in [2.45, 2.75) is 13.0 Å². The first kappa shape index (κ1) is 15.7. The molecular weight excluding hydrogens is 312 g/mol. The Bertz CT molecular complexity index is 682. The molecule has 3 rings (SSSR count). The van der Waals surface area contributed by atoms with Crippen LogP contribution in [0.4, 0.5) is 5.69 Å². The first-order valence-corrected chi connectivity index (χ1v) is 8.37. The van der Waals surface area contributed by atoms with Gasteiger partial charge in [0.1, 0.15) is 0 Å². The number of ether oxygens (including phenoxy) is 1. The summed E-state index contributed by atoms with van der Waals surface area (Å²) in [5.41, 5.74) is 1.29. The molecule has 2 amide bonds. The Morgan fingerprint density at radius 3 is 2.70 bits per heavy atom. The highest BCUT2D eigenvalue weighted by Gasteiger charge is 2.22. The van der Waals surface area contributed by atoms with E-state index in [9.17, 15) is 9.59 Å². The molecule has 1 fully saturated rings. The summed E-state index contributed by atoms with van der Waals surface area (Å²) in [5.74, 6) is -0.141. The lowest BCUT2D eigenvalue weighted by atomic mass is 10.1. The van der Waals surface area contributed by atoms with Crippen molar-refractivity contribution in [3.63, 3.8) is 0 Å². The molecule has 2 heterocycles. The van der Waals surface area contributed by atoms with Gasteiger partial charge in [0.2, 0.25) is 0 Å². The average Bonchev–Trinajstić information content (AvgIpc) is 3.09. The fraction of sp³-hybridized carbons (Fsp3) is 0.294. The van der Waals surface area contributed by atoms with Crippen molar-refractivity contribution >= 4 is 28.8 Å². The summed E-state index contributed by atoms with van der Waals surface area (Å²) >= 11 is 1.39. The van der Waals surface area contributed by atoms with E-state index in [0.717, 1.165) is 0 Å². The topological polar surface area (TPSA) is 58.6 Å². The van der Waals surface area contributed by atoms with E-state index < -0.39 is 0 Å². The summed E-state index contributed by atoms with van der Waals surface area (Å²) in [7, 11) is 0. The van der Waals surface area contributed by atoms with Crippen LogP contribution in [0, 0.1) is 0 Å². The number of rotatable bonds is 3. The van der Waals surface area contributed by atoms with Gasteiger partial charge in [-0.3, -0.25) is 9.59 Å². The van der Waals surface area contributed by atoms with Crippen molar-refractivity contribution in [1.82, 2.24) is 4.90 Å². The van der Waals surface area contributed by atoms with Gasteiger partial charge in [-0.15, -0.1) is 11.3 Å². The quantitative estimate of drug-likeness (QED) is 0.941. The lowest BCUT2D eigenvalue weighted by Gasteiger charge is -2.31. The monoisotopic (exact) mass is 330 g/mol. The molecule has 1 aliphatic heterocycles. The molecule has 120 valence electrons. The van der Waals surface area contributed by atoms with Crippen LogP contribution < -0.4 is 5.32 Å². The summed E-state index contributed by atoms with van der Waals surface area (Å²) in [6.45, 7) is 3.75. The number of hydrogen-bond acceptors (Lipinski definition) is 4. The number of morpholine rings is 1. The van der Waals surface area contributed by atoms with Crippen LogP contribution in [-0.4, -0.2) is 42.5 Å². The molecule has 0 spiro atoms. The second kappa shape index (κ2) is 6.93. The van der Waals surface area contributed by atoms with Crippen LogP contribution in [0.1, 0.15) is 27.0 Å². The molecule has 2 aromatic rings. The van der Waals surface area contributed by atoms with Gasteiger partial charge in [0, 0.05) is 24.3 Å². The lowest BCUT2D eigenvalue weighted by Crippen LogP contribution is -2.44. The Labute approximate surface area is 138 Å². The Morgan fingerprint density at radius 1 is 1.26 bits per heavy atom. The maximum absolute atomic E-state index is 12.5. The average molecular weight is 330 g/mol. The molecule has 0 aliphatic carbocycles. The molecule has 1 atom stereocenters. The third-order valence-corrected chi connectivity index (χ3v) is 4.53. The van der Waals surface area contributed by atoms with E-state index in [1.54, 1.807) is 35.2 Å². The van der Waals surface area contributed by atoms with Crippen molar-refractivity contribution in [2.24, 2.45) is 0 Å². The van der Waals surface area contributed by atoms with Crippen molar-refractivity contribution in [3.05, 3.63) is 52.2 Å². The standard InChI is InChI=1S/C17H18N2O3S/c1-12-11-19(8-9-22-12)17(21)13-4-6-14(7-5-13)18-16(20)15-3-2-10-23-15/h2-7,10,12H,8-9,11H2,1H3,(H,18,20). The van der Waals surface area contributed by atoms with E-state index in [1.807, 2.05) is 18.4 Å². The predicted molar refractivity (Wildman–Crippen MR) is 90.0 cm³/mol. The first-order valence-electron chi connectivity index (χ1n) is 7.49. The highest BCUT2D eigenvalue weighted by Crippen LogP contribution is 2.16. The molecule has 6 heteroatoms. The third-order valence-electron chi connectivity index (χ3n) is 3.66. The molecule has 1 N–H and O–H groups in total. The number of thiophene rings is 1. The fourth-order valence-electron chi connectivity index (χ4n) is 2.48. The first-order chi connectivity index (χ1) is 11.1. The van der Waals surface area contributed by atoms with Gasteiger partial charge < -0.3 is 15.0 Å². The molecule has 0 radical (unpaired) electrons. The summed E-state index contributed by atoms with van der Waals surface area (Å²) in [4.78, 5) is 26.9. The molecule has 1 aliphatic rings. The van der Waals surface area contributed by atoms with E-state index in [1.165, 1.54) is 11.3 Å². The summed E-state index contributed by atoms with van der Waals surface area (Å²) in [5, 5.41) is 4.68. The number of amides is 2. The zero-order valence-electron chi connectivity index (χ0n) is 12.8. The van der Waals surface area contributed by atoms with Gasteiger partial charge in [-0.2, -0.15) is 0 Å². The fourth-order valence-corrected chi connectivity index (χ4v) is 3.10. The van der Waals surface area contributed by atoms with Gasteiger partial charge in [-0.05, 0) is 42.6 Å². The highest BCUT2D eigenvalue weighted by atomic mass is 32.1. The van der Waals surface area contributed by atoms with Gasteiger partial charge >= 0.3 is 0 Å². The molecule has 1 aromatic carbocycles. The zero-order valence-corrected chi connectivity index (χ0v) is 13.6. The molecule has 5 nitrogen and oxygen atoms in total. The zero-order chi connectivity index (χ0) is 16.2. The minimum absolute atomic E-state index is 0.00344. The number of nitrogens with one attached hydrogen (secondary N) is 1. The second-order valence-electron chi connectivity index (χ2n) is 5.44. The SMILES string of the molecule is CC1CN(C(=O)c2ccc(NC(=O)c3cccs3)cc2)CCO1. The molecular formula is C17H18N2O3S. The summed E-state index contributed by atoms with van der Waals surface area (Å²) < 4.78 is 5.45. The number of carbonyl (C=O) groups is 2. The van der Waals surface area contributed by atoms with Gasteiger partial charge in [0.05, 0.1) is 17.6 Å². The Balaban J connectivity index is 1.64. The number of anilines is 1. The maximum atomic E-state index is 12.5. The summed E-state index contributed by atoms with van der Waals surface area (Å²) in [6, 6.07) is 10.6. The Kier molecular flexibility index (Phi) is 4.73. The van der Waals surface area contributed by atoms with Crippen LogP contribution in [-0.2, 0) is 4.74 Å². The van der Waals surface area contributed by atoms with Crippen molar-refractivity contribution in [1.29, 1.82) is 0 Å². The number of nitrogens with zero attached hydrogens (tertiary/aromatic N) is 1. The highest BCUT2D eigenvalue weighted by molar-refractivity contribution is 7.12. The largest absolute Gasteiger partial charge is 0.375 e. The second-order valence-corrected chi connectivity index (χ2v) is 6.39. The lowest BCUT2D eigenvalue weighted by molar-refractivity contribution is -0.0124. The molecule has 1 unspecified atom stereocenters. The van der Waals surface area contributed by atoms with Crippen LogP contribution in [0.5, 0.6) is 0 Å². The van der Waals surface area contributed by atoms with E-state index in [0.29, 0.717) is 35.8 Å². The molecule has 1 aromatic heterocycles. The van der Waals surface area contributed by atoms with Crippen molar-refractivity contribution < 1.29 is 14.3 Å².